The molecule has 0 unspecified atom stereocenters. The molecule has 0 spiro atoms. The Morgan fingerprint density at radius 2 is 1.85 bits per heavy atom. The molecule has 0 bridgehead atoms. The fourth-order valence-corrected chi connectivity index (χ4v) is 2.38. The summed E-state index contributed by atoms with van der Waals surface area (Å²) in [6.45, 7) is 12.5. The average Bonchev–Trinajstić information content (AvgIpc) is 3.29. The Morgan fingerprint density at radius 3 is 2.15 bits per heavy atom. The quantitative estimate of drug-likeness (QED) is 0.762. The predicted molar refractivity (Wildman–Crippen MR) is 114 cm³/mol. The van der Waals surface area contributed by atoms with E-state index in [-0.39, 0.29) is 17.0 Å². The summed E-state index contributed by atoms with van der Waals surface area (Å²) in [4.78, 5) is 18.8. The number of H-pyrrole nitrogens is 2. The van der Waals surface area contributed by atoms with Crippen LogP contribution in [0.4, 0.5) is 0 Å². The van der Waals surface area contributed by atoms with Gasteiger partial charge in [0.05, 0.1) is 12.4 Å². The van der Waals surface area contributed by atoms with Crippen molar-refractivity contribution in [3.8, 4) is 0 Å². The van der Waals surface area contributed by atoms with E-state index in [1.165, 1.54) is 24.2 Å². The van der Waals surface area contributed by atoms with Gasteiger partial charge in [0, 0.05) is 44.1 Å². The fourth-order valence-electron chi connectivity index (χ4n) is 2.38. The molecule has 0 aliphatic carbocycles. The molecule has 0 atom stereocenters. The molecule has 0 radical (unpaired) electrons. The third-order valence-corrected chi connectivity index (χ3v) is 3.85. The molecule has 3 heterocycles. The fraction of sp³-hybridized carbons (Fsp3) is 0.579. The first-order chi connectivity index (χ1) is 12.0. The number of aromatic amines is 2. The van der Waals surface area contributed by atoms with Gasteiger partial charge in [0.25, 0.3) is 0 Å². The zero-order chi connectivity index (χ0) is 18.7. The smallest absolute Gasteiger partial charge is 0.103 e. The van der Waals surface area contributed by atoms with Crippen molar-refractivity contribution < 1.29 is 0 Å². The summed E-state index contributed by atoms with van der Waals surface area (Å²) in [6, 6.07) is 0. The molecule has 1 aliphatic heterocycles. The van der Waals surface area contributed by atoms with Crippen molar-refractivity contribution in [2.24, 2.45) is 0 Å². The van der Waals surface area contributed by atoms with Crippen LogP contribution in [0.5, 0.6) is 0 Å². The Balaban J connectivity index is 0.000000369. The van der Waals surface area contributed by atoms with Crippen LogP contribution in [0.15, 0.2) is 24.8 Å². The second-order valence-corrected chi connectivity index (χ2v) is 6.27. The maximum absolute atomic E-state index is 4.39. The Kier molecular flexibility index (Phi) is 12.5. The number of hydrogen-bond donors (Lipinski definition) is 2. The highest BCUT2D eigenvalue weighted by molar-refractivity contribution is 8.93. The highest BCUT2D eigenvalue weighted by atomic mass is 79.9. The van der Waals surface area contributed by atoms with Gasteiger partial charge < -0.3 is 19.8 Å². The van der Waals surface area contributed by atoms with E-state index in [1.807, 2.05) is 13.8 Å². The molecular formula is C19H35BrN6. The van der Waals surface area contributed by atoms with Crippen LogP contribution >= 0.6 is 17.0 Å². The normalized spacial score (nSPS) is 12.1. The molecule has 26 heavy (non-hydrogen) atoms. The first-order valence-electron chi connectivity index (χ1n) is 9.06. The van der Waals surface area contributed by atoms with Crippen LogP contribution in [0.25, 0.3) is 0 Å². The Morgan fingerprint density at radius 1 is 1.12 bits per heavy atom. The first kappa shape index (κ1) is 24.2. The van der Waals surface area contributed by atoms with Crippen molar-refractivity contribution >= 4 is 17.0 Å². The lowest BCUT2D eigenvalue weighted by Crippen LogP contribution is -2.21. The van der Waals surface area contributed by atoms with Gasteiger partial charge in [-0.1, -0.05) is 13.3 Å². The summed E-state index contributed by atoms with van der Waals surface area (Å²) in [5.74, 6) is 2.00. The molecule has 7 heteroatoms. The van der Waals surface area contributed by atoms with E-state index < -0.39 is 0 Å². The van der Waals surface area contributed by atoms with Gasteiger partial charge in [-0.2, -0.15) is 0 Å². The van der Waals surface area contributed by atoms with E-state index in [4.69, 9.17) is 0 Å². The van der Waals surface area contributed by atoms with Crippen LogP contribution < -0.4 is 0 Å². The van der Waals surface area contributed by atoms with Gasteiger partial charge in [0.1, 0.15) is 11.6 Å². The van der Waals surface area contributed by atoms with Crippen molar-refractivity contribution in [1.29, 1.82) is 0 Å². The molecule has 148 valence electrons. The van der Waals surface area contributed by atoms with Gasteiger partial charge in [-0.05, 0) is 40.5 Å². The molecule has 0 fully saturated rings. The van der Waals surface area contributed by atoms with Crippen molar-refractivity contribution in [3.63, 3.8) is 0 Å². The number of nitrogens with zero attached hydrogens (tertiary/aromatic N) is 4. The Bertz CT molecular complexity index is 606. The maximum atomic E-state index is 4.39. The predicted octanol–water partition coefficient (Wildman–Crippen LogP) is 4.35. The Labute approximate surface area is 168 Å². The molecule has 1 aliphatic rings. The minimum atomic E-state index is 0. The van der Waals surface area contributed by atoms with Gasteiger partial charge in [0.2, 0.25) is 0 Å². The summed E-state index contributed by atoms with van der Waals surface area (Å²) < 4.78 is 0. The third-order valence-electron chi connectivity index (χ3n) is 3.85. The number of aromatic nitrogens is 4. The zero-order valence-electron chi connectivity index (χ0n) is 17.0. The number of imidazole rings is 2. The second-order valence-electron chi connectivity index (χ2n) is 6.27. The number of hydrogen-bond acceptors (Lipinski definition) is 4. The summed E-state index contributed by atoms with van der Waals surface area (Å²) in [5, 5.41) is 0. The van der Waals surface area contributed by atoms with Crippen LogP contribution in [0.2, 0.25) is 0 Å². The molecule has 0 amide bonds. The number of halogens is 1. The molecule has 0 saturated carbocycles. The largest absolute Gasteiger partial charge is 0.362 e. The summed E-state index contributed by atoms with van der Waals surface area (Å²) in [6.07, 6.45) is 11.3. The molecule has 6 nitrogen and oxygen atoms in total. The Hall–Kier alpha value is -1.76. The summed E-state index contributed by atoms with van der Waals surface area (Å²) >= 11 is 0. The second kappa shape index (κ2) is 13.4. The van der Waals surface area contributed by atoms with Crippen molar-refractivity contribution in [3.05, 3.63) is 47.8 Å². The maximum Gasteiger partial charge on any atom is 0.103 e. The van der Waals surface area contributed by atoms with E-state index in [0.29, 0.717) is 0 Å². The van der Waals surface area contributed by atoms with E-state index in [2.05, 4.69) is 70.0 Å². The average molecular weight is 427 g/mol. The molecule has 2 aromatic rings. The minimum absolute atomic E-state index is 0. The molecule has 0 saturated heterocycles. The SMILES string of the molecule is Br.CCCCc1nc(C)[nH]c1C.CCN1C=CN(C)C1.Cc1ncc[nH]1. The van der Waals surface area contributed by atoms with E-state index in [0.717, 1.165) is 31.3 Å². The first-order valence-corrected chi connectivity index (χ1v) is 9.06. The van der Waals surface area contributed by atoms with Gasteiger partial charge in [-0.25, -0.2) is 9.97 Å². The summed E-state index contributed by atoms with van der Waals surface area (Å²) in [7, 11) is 2.08. The third kappa shape index (κ3) is 9.65. The van der Waals surface area contributed by atoms with Crippen LogP contribution in [-0.4, -0.2) is 50.0 Å². The monoisotopic (exact) mass is 426 g/mol. The highest BCUT2D eigenvalue weighted by Gasteiger charge is 2.03. The minimum Gasteiger partial charge on any atom is -0.362 e. The van der Waals surface area contributed by atoms with Crippen LogP contribution in [0.1, 0.15) is 49.7 Å². The molecular weight excluding hydrogens is 392 g/mol. The van der Waals surface area contributed by atoms with Crippen LogP contribution in [0, 0.1) is 20.8 Å². The molecule has 3 rings (SSSR count). The topological polar surface area (TPSA) is 63.8 Å². The van der Waals surface area contributed by atoms with Crippen molar-refractivity contribution in [2.45, 2.75) is 53.9 Å². The van der Waals surface area contributed by atoms with Gasteiger partial charge >= 0.3 is 0 Å². The number of unbranched alkanes of at least 4 members (excludes halogenated alkanes) is 1. The lowest BCUT2D eigenvalue weighted by atomic mass is 10.2. The molecule has 2 N–H and O–H groups in total. The van der Waals surface area contributed by atoms with Gasteiger partial charge in [-0.15, -0.1) is 17.0 Å². The van der Waals surface area contributed by atoms with Crippen molar-refractivity contribution in [1.82, 2.24) is 29.7 Å². The highest BCUT2D eigenvalue weighted by Crippen LogP contribution is 2.07. The van der Waals surface area contributed by atoms with Crippen LogP contribution in [-0.2, 0) is 6.42 Å². The molecule has 2 aromatic heterocycles. The number of aryl methyl sites for hydroxylation is 4. The van der Waals surface area contributed by atoms with Crippen LogP contribution in [0.3, 0.4) is 0 Å². The number of rotatable bonds is 4. The zero-order valence-corrected chi connectivity index (χ0v) is 18.8. The van der Waals surface area contributed by atoms with Gasteiger partial charge in [-0.3, -0.25) is 0 Å². The van der Waals surface area contributed by atoms with E-state index in [9.17, 15) is 0 Å². The van der Waals surface area contributed by atoms with E-state index in [1.54, 1.807) is 12.4 Å². The summed E-state index contributed by atoms with van der Waals surface area (Å²) in [5.41, 5.74) is 2.47. The lowest BCUT2D eigenvalue weighted by Gasteiger charge is -2.14. The lowest BCUT2D eigenvalue weighted by molar-refractivity contribution is 0.308. The standard InChI is InChI=1S/C9H16N2.C6H12N2.C4H6N2.BrH/c1-4-5-6-9-7(2)10-8(3)11-9;1-3-8-5-4-7(2)6-8;1-4-5-2-3-6-4;/h4-6H2,1-3H3,(H,10,11);4-5H,3,6H2,1-2H3;2-3H,1H3,(H,5,6);1H. The van der Waals surface area contributed by atoms with Gasteiger partial charge in [0.15, 0.2) is 0 Å². The molecule has 0 aromatic carbocycles. The number of nitrogens with one attached hydrogen (secondary N) is 2. The van der Waals surface area contributed by atoms with Crippen molar-refractivity contribution in [2.75, 3.05) is 20.3 Å². The van der Waals surface area contributed by atoms with E-state index >= 15 is 0 Å².